The van der Waals surface area contributed by atoms with Gasteiger partial charge in [-0.25, -0.2) is 0 Å². The number of hydrogen-bond acceptors (Lipinski definition) is 2. The Hall–Kier alpha value is -2.59. The van der Waals surface area contributed by atoms with Crippen LogP contribution < -0.4 is 10.9 Å². The number of nitrogens with zero attached hydrogens (tertiary/aromatic N) is 1. The number of aromatic nitrogens is 1. The van der Waals surface area contributed by atoms with E-state index in [1.807, 2.05) is 55.5 Å². The second-order valence-electron chi connectivity index (χ2n) is 5.67. The van der Waals surface area contributed by atoms with Crippen LogP contribution >= 0.6 is 11.6 Å². The van der Waals surface area contributed by atoms with Gasteiger partial charge in [-0.2, -0.15) is 0 Å². The van der Waals surface area contributed by atoms with Gasteiger partial charge in [-0.1, -0.05) is 41.9 Å². The van der Waals surface area contributed by atoms with E-state index in [2.05, 4.69) is 5.32 Å². The van der Waals surface area contributed by atoms with Crippen LogP contribution in [0.4, 0.5) is 0 Å². The Morgan fingerprint density at radius 2 is 1.83 bits per heavy atom. The molecule has 0 spiro atoms. The molecule has 0 aliphatic carbocycles. The summed E-state index contributed by atoms with van der Waals surface area (Å²) in [5.74, 6) is -0.152. The predicted octanol–water partition coefficient (Wildman–Crippen LogP) is 3.84. The Labute approximate surface area is 144 Å². The van der Waals surface area contributed by atoms with Gasteiger partial charge in [-0.3, -0.25) is 14.2 Å². The molecule has 2 aromatic carbocycles. The number of amides is 1. The van der Waals surface area contributed by atoms with Gasteiger partial charge in [-0.15, -0.1) is 0 Å². The fourth-order valence-electron chi connectivity index (χ4n) is 2.88. The van der Waals surface area contributed by atoms with Crippen LogP contribution in [-0.4, -0.2) is 10.5 Å². The molecule has 1 N–H and O–H groups in total. The maximum absolute atomic E-state index is 13.1. The lowest BCUT2D eigenvalue weighted by Gasteiger charge is -2.20. The van der Waals surface area contributed by atoms with Gasteiger partial charge in [0, 0.05) is 18.3 Å². The number of carbonyl (C=O) groups is 1. The van der Waals surface area contributed by atoms with Crippen LogP contribution in [0.15, 0.2) is 59.4 Å². The minimum absolute atomic E-state index is 0.152. The highest BCUT2D eigenvalue weighted by molar-refractivity contribution is 6.35. The molecular formula is C19H17ClN2O2. The van der Waals surface area contributed by atoms with E-state index in [4.69, 9.17) is 11.6 Å². The van der Waals surface area contributed by atoms with Crippen LogP contribution in [0.25, 0.3) is 16.5 Å². The van der Waals surface area contributed by atoms with Gasteiger partial charge in [0.25, 0.3) is 5.56 Å². The highest BCUT2D eigenvalue weighted by atomic mass is 35.5. The molecular weight excluding hydrogens is 324 g/mol. The molecule has 122 valence electrons. The summed E-state index contributed by atoms with van der Waals surface area (Å²) in [5.41, 5.74) is 1.24. The normalized spacial score (nSPS) is 12.1. The maximum atomic E-state index is 13.1. The van der Waals surface area contributed by atoms with E-state index in [1.54, 1.807) is 10.6 Å². The van der Waals surface area contributed by atoms with Crippen molar-refractivity contribution in [1.82, 2.24) is 9.88 Å². The van der Waals surface area contributed by atoms with E-state index in [0.717, 1.165) is 11.1 Å². The molecule has 0 aliphatic heterocycles. The number of fused-ring (bicyclic) bond motifs is 1. The number of carbonyl (C=O) groups excluding carboxylic acids is 1. The number of rotatable bonds is 3. The van der Waals surface area contributed by atoms with Gasteiger partial charge in [-0.05, 0) is 36.6 Å². The smallest absolute Gasteiger partial charge is 0.264 e. The molecule has 1 heterocycles. The first-order valence-corrected chi connectivity index (χ1v) is 8.03. The van der Waals surface area contributed by atoms with E-state index >= 15 is 0 Å². The lowest BCUT2D eigenvalue weighted by atomic mass is 10.1. The largest absolute Gasteiger partial charge is 0.348 e. The second kappa shape index (κ2) is 6.49. The zero-order chi connectivity index (χ0) is 17.3. The van der Waals surface area contributed by atoms with Crippen LogP contribution in [0.1, 0.15) is 25.6 Å². The molecule has 0 aliphatic rings. The summed E-state index contributed by atoms with van der Waals surface area (Å²) in [6.45, 7) is 3.31. The molecule has 0 saturated heterocycles. The van der Waals surface area contributed by atoms with Crippen molar-refractivity contribution in [1.29, 1.82) is 0 Å². The van der Waals surface area contributed by atoms with Crippen LogP contribution in [-0.2, 0) is 4.79 Å². The Morgan fingerprint density at radius 3 is 2.50 bits per heavy atom. The Balaban J connectivity index is 2.37. The van der Waals surface area contributed by atoms with Crippen molar-refractivity contribution in [3.8, 4) is 5.69 Å². The van der Waals surface area contributed by atoms with Gasteiger partial charge in [0.1, 0.15) is 0 Å². The van der Waals surface area contributed by atoms with Gasteiger partial charge in [0.05, 0.1) is 16.5 Å². The topological polar surface area (TPSA) is 51.1 Å². The molecule has 1 aromatic heterocycles. The van der Waals surface area contributed by atoms with E-state index in [1.165, 1.54) is 6.92 Å². The highest BCUT2D eigenvalue weighted by Gasteiger charge is 2.18. The molecule has 0 radical (unpaired) electrons. The minimum atomic E-state index is -0.321. The molecule has 4 nitrogen and oxygen atoms in total. The molecule has 0 bridgehead atoms. The molecule has 5 heteroatoms. The van der Waals surface area contributed by atoms with Gasteiger partial charge < -0.3 is 5.32 Å². The van der Waals surface area contributed by atoms with Crippen LogP contribution in [0, 0.1) is 0 Å². The lowest BCUT2D eigenvalue weighted by molar-refractivity contribution is -0.119. The number of hydrogen-bond donors (Lipinski definition) is 1. The number of para-hydroxylation sites is 1. The van der Waals surface area contributed by atoms with Crippen molar-refractivity contribution in [3.63, 3.8) is 0 Å². The van der Waals surface area contributed by atoms with Crippen LogP contribution in [0.2, 0.25) is 5.02 Å². The second-order valence-corrected chi connectivity index (χ2v) is 6.08. The zero-order valence-electron chi connectivity index (χ0n) is 13.4. The maximum Gasteiger partial charge on any atom is 0.264 e. The van der Waals surface area contributed by atoms with Crippen molar-refractivity contribution in [2.24, 2.45) is 0 Å². The van der Waals surface area contributed by atoms with Gasteiger partial charge in [0.2, 0.25) is 5.91 Å². The van der Waals surface area contributed by atoms with E-state index < -0.39 is 0 Å². The average Bonchev–Trinajstić information content (AvgIpc) is 2.54. The summed E-state index contributed by atoms with van der Waals surface area (Å²) in [6.07, 6.45) is 0. The predicted molar refractivity (Wildman–Crippen MR) is 96.8 cm³/mol. The third-order valence-electron chi connectivity index (χ3n) is 3.90. The summed E-state index contributed by atoms with van der Waals surface area (Å²) < 4.78 is 1.61. The lowest BCUT2D eigenvalue weighted by Crippen LogP contribution is -2.30. The number of nitrogens with one attached hydrogen (secondary N) is 1. The molecule has 1 atom stereocenters. The molecule has 24 heavy (non-hydrogen) atoms. The summed E-state index contributed by atoms with van der Waals surface area (Å²) in [6, 6.07) is 16.3. The fraction of sp³-hybridized carbons (Fsp3) is 0.158. The molecule has 0 saturated carbocycles. The number of pyridine rings is 1. The van der Waals surface area contributed by atoms with Crippen LogP contribution in [0.3, 0.4) is 0 Å². The Morgan fingerprint density at radius 1 is 1.12 bits per heavy atom. The zero-order valence-corrected chi connectivity index (χ0v) is 14.2. The van der Waals surface area contributed by atoms with Crippen molar-refractivity contribution >= 4 is 28.3 Å². The first kappa shape index (κ1) is 16.3. The summed E-state index contributed by atoms with van der Waals surface area (Å²) in [5, 5.41) is 4.49. The van der Waals surface area contributed by atoms with Crippen LogP contribution in [0.5, 0.6) is 0 Å². The number of benzene rings is 2. The summed E-state index contributed by atoms with van der Waals surface area (Å²) in [7, 11) is 0. The summed E-state index contributed by atoms with van der Waals surface area (Å²) in [4.78, 5) is 24.6. The van der Waals surface area contributed by atoms with Crippen molar-refractivity contribution in [2.75, 3.05) is 0 Å². The average molecular weight is 341 g/mol. The molecule has 3 aromatic rings. The molecule has 3 rings (SSSR count). The van der Waals surface area contributed by atoms with E-state index in [9.17, 15) is 9.59 Å². The fourth-order valence-corrected chi connectivity index (χ4v) is 3.14. The van der Waals surface area contributed by atoms with Crippen molar-refractivity contribution < 1.29 is 4.79 Å². The van der Waals surface area contributed by atoms with Crippen molar-refractivity contribution in [3.05, 3.63) is 75.7 Å². The first-order chi connectivity index (χ1) is 11.5. The quantitative estimate of drug-likeness (QED) is 0.787. The summed E-state index contributed by atoms with van der Waals surface area (Å²) >= 11 is 6.25. The third-order valence-corrected chi connectivity index (χ3v) is 4.22. The molecule has 0 fully saturated rings. The third kappa shape index (κ3) is 2.93. The minimum Gasteiger partial charge on any atom is -0.348 e. The van der Waals surface area contributed by atoms with E-state index in [0.29, 0.717) is 16.1 Å². The molecule has 1 amide bonds. The Kier molecular flexibility index (Phi) is 4.40. The highest BCUT2D eigenvalue weighted by Crippen LogP contribution is 2.25. The van der Waals surface area contributed by atoms with E-state index in [-0.39, 0.29) is 17.5 Å². The Bertz CT molecular complexity index is 964. The SMILES string of the molecule is CC(=O)NC(C)c1cc2cccc(Cl)c2c(=O)n1-c1ccccc1. The number of halogens is 1. The monoisotopic (exact) mass is 340 g/mol. The van der Waals surface area contributed by atoms with Gasteiger partial charge >= 0.3 is 0 Å². The van der Waals surface area contributed by atoms with Crippen molar-refractivity contribution in [2.45, 2.75) is 19.9 Å². The van der Waals surface area contributed by atoms with Gasteiger partial charge in [0.15, 0.2) is 0 Å². The molecule has 1 unspecified atom stereocenters. The first-order valence-electron chi connectivity index (χ1n) is 7.65. The standard InChI is InChI=1S/C19H17ClN2O2/c1-12(21-13(2)23)17-11-14-7-6-10-16(20)18(14)19(24)22(17)15-8-4-3-5-9-15/h3-12H,1-2H3,(H,21,23).